The van der Waals surface area contributed by atoms with E-state index in [2.05, 4.69) is 10.3 Å². The van der Waals surface area contributed by atoms with Crippen LogP contribution in [0.5, 0.6) is 5.75 Å². The molecule has 1 saturated heterocycles. The Bertz CT molecular complexity index is 826. The molecule has 3 amide bonds. The van der Waals surface area contributed by atoms with Gasteiger partial charge in [-0.05, 0) is 82.2 Å². The second-order valence-electron chi connectivity index (χ2n) is 8.47. The fraction of sp³-hybridized carbons (Fsp3) is 0.609. The van der Waals surface area contributed by atoms with Gasteiger partial charge in [0.1, 0.15) is 5.75 Å². The van der Waals surface area contributed by atoms with E-state index in [1.165, 1.54) is 4.90 Å². The summed E-state index contributed by atoms with van der Waals surface area (Å²) >= 11 is 0. The van der Waals surface area contributed by atoms with Crippen LogP contribution < -0.4 is 21.5 Å². The third-order valence-electron chi connectivity index (χ3n) is 5.78. The number of carbonyl (C=O) groups excluding carboxylic acids is 2. The van der Waals surface area contributed by atoms with Gasteiger partial charge in [0.05, 0.1) is 6.61 Å². The monoisotopic (exact) mass is 467 g/mol. The van der Waals surface area contributed by atoms with Gasteiger partial charge in [-0.25, -0.2) is 13.6 Å². The number of hydrogen-bond acceptors (Lipinski definition) is 4. The summed E-state index contributed by atoms with van der Waals surface area (Å²) in [6, 6.07) is 4.75. The van der Waals surface area contributed by atoms with Crippen LogP contribution in [0.1, 0.15) is 54.9 Å². The van der Waals surface area contributed by atoms with Crippen LogP contribution in [0.25, 0.3) is 0 Å². The van der Waals surface area contributed by atoms with Crippen molar-refractivity contribution in [2.45, 2.75) is 58.4 Å². The number of nitrogens with one attached hydrogen (secondary N) is 1. The predicted octanol–water partition coefficient (Wildman–Crippen LogP) is 3.08. The summed E-state index contributed by atoms with van der Waals surface area (Å²) in [7, 11) is 0. The lowest BCUT2D eigenvalue weighted by molar-refractivity contribution is 0.0938. The van der Waals surface area contributed by atoms with Gasteiger partial charge in [0.2, 0.25) is 0 Å². The lowest BCUT2D eigenvalue weighted by atomic mass is 9.92. The molecule has 10 heteroatoms. The Balaban J connectivity index is 1.71. The molecule has 1 aromatic carbocycles. The SMILES string of the molecule is Cc1cc(OCCCC2CCN(C(=O)/N=C(\N)C(F)F)CC2)ccc1C(=O)NC(C)CCN. The third kappa shape index (κ3) is 8.60. The maximum absolute atomic E-state index is 12.4. The number of aryl methyl sites for hydroxylation is 1. The van der Waals surface area contributed by atoms with Gasteiger partial charge in [0.25, 0.3) is 12.3 Å². The molecule has 1 fully saturated rings. The Labute approximate surface area is 193 Å². The van der Waals surface area contributed by atoms with Crippen molar-refractivity contribution in [1.82, 2.24) is 10.2 Å². The summed E-state index contributed by atoms with van der Waals surface area (Å²) in [6.45, 7) is 5.84. The maximum Gasteiger partial charge on any atom is 0.345 e. The predicted molar refractivity (Wildman–Crippen MR) is 124 cm³/mol. The number of hydrogen-bond donors (Lipinski definition) is 3. The van der Waals surface area contributed by atoms with E-state index in [1.54, 1.807) is 12.1 Å². The van der Waals surface area contributed by atoms with E-state index in [1.807, 2.05) is 19.9 Å². The minimum absolute atomic E-state index is 0.0197. The molecule has 1 aromatic rings. The highest BCUT2D eigenvalue weighted by Crippen LogP contribution is 2.23. The molecular weight excluding hydrogens is 432 g/mol. The number of nitrogens with two attached hydrogens (primary N) is 2. The topological polar surface area (TPSA) is 123 Å². The van der Waals surface area contributed by atoms with Crippen molar-refractivity contribution in [1.29, 1.82) is 0 Å². The van der Waals surface area contributed by atoms with Crippen LogP contribution >= 0.6 is 0 Å². The molecule has 8 nitrogen and oxygen atoms in total. The minimum atomic E-state index is -2.92. The zero-order valence-corrected chi connectivity index (χ0v) is 19.4. The van der Waals surface area contributed by atoms with Crippen LogP contribution in [0.4, 0.5) is 13.6 Å². The molecule has 33 heavy (non-hydrogen) atoms. The Morgan fingerprint density at radius 3 is 2.61 bits per heavy atom. The number of aliphatic imine (C=N–C) groups is 1. The number of rotatable bonds is 10. The van der Waals surface area contributed by atoms with Gasteiger partial charge in [-0.3, -0.25) is 4.79 Å². The van der Waals surface area contributed by atoms with Gasteiger partial charge < -0.3 is 26.4 Å². The summed E-state index contributed by atoms with van der Waals surface area (Å²) in [5.74, 6) is 0.100. The number of likely N-dealkylation sites (tertiary alicyclic amines) is 1. The number of amidine groups is 1. The highest BCUT2D eigenvalue weighted by Gasteiger charge is 2.23. The lowest BCUT2D eigenvalue weighted by Crippen LogP contribution is -2.38. The number of alkyl halides is 2. The number of urea groups is 1. The van der Waals surface area contributed by atoms with Crippen molar-refractivity contribution in [3.05, 3.63) is 29.3 Å². The van der Waals surface area contributed by atoms with Crippen molar-refractivity contribution in [3.8, 4) is 5.75 Å². The smallest absolute Gasteiger partial charge is 0.345 e. The normalized spacial score (nSPS) is 16.1. The van der Waals surface area contributed by atoms with Gasteiger partial charge in [0, 0.05) is 24.7 Å². The number of piperidine rings is 1. The van der Waals surface area contributed by atoms with Crippen LogP contribution in [0.2, 0.25) is 0 Å². The fourth-order valence-electron chi connectivity index (χ4n) is 3.81. The number of ether oxygens (including phenoxy) is 1. The van der Waals surface area contributed by atoms with E-state index in [0.717, 1.165) is 37.7 Å². The minimum Gasteiger partial charge on any atom is -0.494 e. The van der Waals surface area contributed by atoms with Crippen LogP contribution in [0.15, 0.2) is 23.2 Å². The number of carbonyl (C=O) groups is 2. The van der Waals surface area contributed by atoms with Gasteiger partial charge in [0.15, 0.2) is 5.84 Å². The van der Waals surface area contributed by atoms with Crippen molar-refractivity contribution >= 4 is 17.8 Å². The van der Waals surface area contributed by atoms with E-state index in [-0.39, 0.29) is 11.9 Å². The molecule has 1 aliphatic heterocycles. The van der Waals surface area contributed by atoms with Crippen molar-refractivity contribution in [3.63, 3.8) is 0 Å². The molecule has 2 rings (SSSR count). The zero-order chi connectivity index (χ0) is 24.4. The molecule has 5 N–H and O–H groups in total. The number of nitrogens with zero attached hydrogens (tertiary/aromatic N) is 2. The van der Waals surface area contributed by atoms with E-state index in [9.17, 15) is 18.4 Å². The second kappa shape index (κ2) is 13.1. The van der Waals surface area contributed by atoms with Gasteiger partial charge in [-0.15, -0.1) is 0 Å². The number of halogens is 2. The molecule has 1 unspecified atom stereocenters. The highest BCUT2D eigenvalue weighted by atomic mass is 19.3. The van der Waals surface area contributed by atoms with E-state index < -0.39 is 18.3 Å². The molecule has 0 aliphatic carbocycles. The average molecular weight is 468 g/mol. The number of benzene rings is 1. The molecule has 1 heterocycles. The molecule has 0 radical (unpaired) electrons. The highest BCUT2D eigenvalue weighted by molar-refractivity contribution is 5.96. The van der Waals surface area contributed by atoms with E-state index >= 15 is 0 Å². The van der Waals surface area contributed by atoms with E-state index in [4.69, 9.17) is 16.2 Å². The Hall–Kier alpha value is -2.75. The molecule has 1 atom stereocenters. The maximum atomic E-state index is 12.4. The summed E-state index contributed by atoms with van der Waals surface area (Å²) < 4.78 is 30.6. The zero-order valence-electron chi connectivity index (χ0n) is 19.4. The molecule has 0 aromatic heterocycles. The summed E-state index contributed by atoms with van der Waals surface area (Å²) in [4.78, 5) is 29.0. The lowest BCUT2D eigenvalue weighted by Gasteiger charge is -2.30. The first-order valence-corrected chi connectivity index (χ1v) is 11.4. The first kappa shape index (κ1) is 26.5. The molecule has 1 aliphatic rings. The van der Waals surface area contributed by atoms with Crippen LogP contribution in [-0.4, -0.2) is 61.4 Å². The number of amides is 3. The standard InChI is InChI=1S/C23H35F2N5O3/c1-15-14-18(5-6-19(15)22(31)28-16(2)7-10-26)33-13-3-4-17-8-11-30(12-9-17)23(32)29-21(27)20(24)25/h5-6,14,16-17,20H,3-4,7-13,26H2,1-2H3,(H,28,31)(H2,27,29,32). The molecule has 184 valence electrons. The van der Waals surface area contributed by atoms with Crippen molar-refractivity contribution in [2.24, 2.45) is 22.4 Å². The second-order valence-corrected chi connectivity index (χ2v) is 8.47. The molecule has 0 bridgehead atoms. The third-order valence-corrected chi connectivity index (χ3v) is 5.78. The van der Waals surface area contributed by atoms with Gasteiger partial charge in [-0.2, -0.15) is 4.99 Å². The van der Waals surface area contributed by atoms with Crippen LogP contribution in [-0.2, 0) is 0 Å². The first-order valence-electron chi connectivity index (χ1n) is 11.4. The molecule has 0 saturated carbocycles. The van der Waals surface area contributed by atoms with Gasteiger partial charge in [-0.1, -0.05) is 0 Å². The van der Waals surface area contributed by atoms with E-state index in [0.29, 0.717) is 43.5 Å². The Kier molecular flexibility index (Phi) is 10.5. The Morgan fingerprint density at radius 2 is 2.00 bits per heavy atom. The largest absolute Gasteiger partial charge is 0.494 e. The average Bonchev–Trinajstić information content (AvgIpc) is 2.77. The quantitative estimate of drug-likeness (QED) is 0.277. The summed E-state index contributed by atoms with van der Waals surface area (Å²) in [6.07, 6.45) is 1.19. The van der Waals surface area contributed by atoms with Crippen molar-refractivity contribution < 1.29 is 23.1 Å². The van der Waals surface area contributed by atoms with Crippen molar-refractivity contribution in [2.75, 3.05) is 26.2 Å². The summed E-state index contributed by atoms with van der Waals surface area (Å²) in [5, 5.41) is 2.94. The fourth-order valence-corrected chi connectivity index (χ4v) is 3.81. The Morgan fingerprint density at radius 1 is 1.30 bits per heavy atom. The van der Waals surface area contributed by atoms with Gasteiger partial charge >= 0.3 is 6.03 Å². The van der Waals surface area contributed by atoms with Crippen LogP contribution in [0, 0.1) is 12.8 Å². The summed E-state index contributed by atoms with van der Waals surface area (Å²) in [5.41, 5.74) is 12.0. The van der Waals surface area contributed by atoms with Crippen LogP contribution in [0.3, 0.4) is 0 Å². The molecular formula is C23H35F2N5O3. The molecule has 0 spiro atoms. The first-order chi connectivity index (χ1) is 15.7.